The van der Waals surface area contributed by atoms with Gasteiger partial charge in [0.1, 0.15) is 6.61 Å². The lowest BCUT2D eigenvalue weighted by molar-refractivity contribution is -0.384. The minimum Gasteiger partial charge on any atom is -0.485 e. The number of piperazine rings is 1. The van der Waals surface area contributed by atoms with Crippen molar-refractivity contribution in [1.29, 1.82) is 0 Å². The van der Waals surface area contributed by atoms with E-state index >= 15 is 0 Å². The van der Waals surface area contributed by atoms with Crippen molar-refractivity contribution in [2.24, 2.45) is 10.7 Å². The third-order valence-corrected chi connectivity index (χ3v) is 4.88. The Morgan fingerprint density at radius 2 is 1.83 bits per heavy atom. The molecule has 30 heavy (non-hydrogen) atoms. The highest BCUT2D eigenvalue weighted by molar-refractivity contribution is 5.84. The molecule has 11 heteroatoms. The smallest absolute Gasteiger partial charge is 0.313 e. The average molecular weight is 412 g/mol. The fraction of sp³-hybridized carbons (Fsp3) is 0.316. The summed E-state index contributed by atoms with van der Waals surface area (Å²) in [7, 11) is 0. The molecule has 0 unspecified atom stereocenters. The minimum absolute atomic E-state index is 0.0510. The number of rotatable bonds is 3. The van der Waals surface area contributed by atoms with E-state index in [0.29, 0.717) is 37.7 Å². The highest BCUT2D eigenvalue weighted by Crippen LogP contribution is 2.31. The van der Waals surface area contributed by atoms with Gasteiger partial charge in [0.15, 0.2) is 17.5 Å². The van der Waals surface area contributed by atoms with E-state index in [2.05, 4.69) is 9.98 Å². The molecule has 0 saturated carbocycles. The van der Waals surface area contributed by atoms with Crippen LogP contribution >= 0.6 is 0 Å². The molecule has 11 nitrogen and oxygen atoms in total. The van der Waals surface area contributed by atoms with E-state index in [4.69, 9.17) is 15.2 Å². The van der Waals surface area contributed by atoms with Gasteiger partial charge in [-0.3, -0.25) is 14.9 Å². The molecule has 3 heterocycles. The van der Waals surface area contributed by atoms with Crippen molar-refractivity contribution in [1.82, 2.24) is 14.8 Å². The maximum Gasteiger partial charge on any atom is 0.313 e. The number of fused-ring (bicyclic) bond motifs is 1. The van der Waals surface area contributed by atoms with Crippen molar-refractivity contribution in [2.75, 3.05) is 32.8 Å². The normalized spacial score (nSPS) is 18.8. The number of aromatic nitrogens is 1. The fourth-order valence-electron chi connectivity index (χ4n) is 3.30. The topological polar surface area (TPSA) is 136 Å². The van der Waals surface area contributed by atoms with Crippen LogP contribution in [-0.2, 0) is 4.79 Å². The number of ether oxygens (including phenoxy) is 2. The number of aliphatic imine (C=N–C) groups is 1. The summed E-state index contributed by atoms with van der Waals surface area (Å²) < 4.78 is 11.4. The number of benzene rings is 1. The summed E-state index contributed by atoms with van der Waals surface area (Å²) in [6.07, 6.45) is 0.716. The summed E-state index contributed by atoms with van der Waals surface area (Å²) in [5.74, 6) is 1.09. The van der Waals surface area contributed by atoms with Gasteiger partial charge in [-0.05, 0) is 18.2 Å². The predicted octanol–water partition coefficient (Wildman–Crippen LogP) is 0.920. The van der Waals surface area contributed by atoms with Crippen molar-refractivity contribution >= 4 is 23.4 Å². The van der Waals surface area contributed by atoms with Crippen LogP contribution < -0.4 is 15.2 Å². The van der Waals surface area contributed by atoms with Crippen LogP contribution in [0.5, 0.6) is 11.5 Å². The maximum atomic E-state index is 12.8. The Bertz CT molecular complexity index is 989. The first-order valence-electron chi connectivity index (χ1n) is 9.38. The van der Waals surface area contributed by atoms with Crippen molar-refractivity contribution in [3.05, 3.63) is 52.7 Å². The van der Waals surface area contributed by atoms with E-state index in [-0.39, 0.29) is 30.0 Å². The number of nitrogens with zero attached hydrogens (tertiary/aromatic N) is 5. The number of para-hydroxylation sites is 2. The van der Waals surface area contributed by atoms with E-state index in [0.717, 1.165) is 0 Å². The Labute approximate surface area is 171 Å². The van der Waals surface area contributed by atoms with Crippen LogP contribution in [0.4, 0.5) is 11.5 Å². The molecule has 1 aromatic heterocycles. The molecule has 2 aliphatic heterocycles. The summed E-state index contributed by atoms with van der Waals surface area (Å²) in [5, 5.41) is 11.1. The largest absolute Gasteiger partial charge is 0.485 e. The Hall–Kier alpha value is -3.89. The molecule has 0 radical (unpaired) electrons. The first-order chi connectivity index (χ1) is 14.5. The lowest BCUT2D eigenvalue weighted by Gasteiger charge is -2.37. The molecular weight excluding hydrogens is 392 g/mol. The first kappa shape index (κ1) is 19.4. The number of nitrogens with two attached hydrogens (primary N) is 1. The summed E-state index contributed by atoms with van der Waals surface area (Å²) in [6, 6.07) is 10.0. The molecule has 4 rings (SSSR count). The van der Waals surface area contributed by atoms with E-state index in [1.807, 2.05) is 12.1 Å². The molecule has 2 aliphatic rings. The van der Waals surface area contributed by atoms with E-state index in [1.54, 1.807) is 21.9 Å². The Balaban J connectivity index is 1.37. The van der Waals surface area contributed by atoms with Gasteiger partial charge in [0, 0.05) is 38.4 Å². The molecule has 0 bridgehead atoms. The number of amides is 1. The number of hydrogen-bond donors (Lipinski definition) is 1. The van der Waals surface area contributed by atoms with Crippen LogP contribution in [0.3, 0.4) is 0 Å². The van der Waals surface area contributed by atoms with Crippen molar-refractivity contribution < 1.29 is 19.2 Å². The van der Waals surface area contributed by atoms with Gasteiger partial charge in [-0.25, -0.2) is 4.98 Å². The Kier molecular flexibility index (Phi) is 5.33. The van der Waals surface area contributed by atoms with Crippen LogP contribution in [0.25, 0.3) is 0 Å². The van der Waals surface area contributed by atoms with E-state index in [1.165, 1.54) is 18.3 Å². The van der Waals surface area contributed by atoms with Crippen LogP contribution in [0.1, 0.15) is 0 Å². The molecule has 1 aromatic carbocycles. The zero-order chi connectivity index (χ0) is 21.1. The van der Waals surface area contributed by atoms with Gasteiger partial charge in [0.05, 0.1) is 4.92 Å². The van der Waals surface area contributed by atoms with Gasteiger partial charge in [-0.15, -0.1) is 0 Å². The summed E-state index contributed by atoms with van der Waals surface area (Å²) in [5.41, 5.74) is 5.81. The molecule has 2 N–H and O–H groups in total. The second kappa shape index (κ2) is 8.23. The standard InChI is InChI=1S/C19H20N6O5/c20-19(22-17-13(25(27)28)4-3-7-21-17)24-10-8-23(9-11-24)18(26)16-12-29-14-5-1-2-6-15(14)30-16/h1-7,16H,8-12H2,(H2,20,21,22)/t16-/m1/s1. The number of carbonyl (C=O) groups excluding carboxylic acids is 1. The second-order valence-corrected chi connectivity index (χ2v) is 6.75. The average Bonchev–Trinajstić information content (AvgIpc) is 2.78. The van der Waals surface area contributed by atoms with Gasteiger partial charge in [0.2, 0.25) is 11.9 Å². The minimum atomic E-state index is -0.700. The van der Waals surface area contributed by atoms with Gasteiger partial charge in [-0.2, -0.15) is 4.99 Å². The molecule has 1 saturated heterocycles. The molecule has 1 fully saturated rings. The number of pyridine rings is 1. The first-order valence-corrected chi connectivity index (χ1v) is 9.38. The van der Waals surface area contributed by atoms with Crippen LogP contribution in [0, 0.1) is 10.1 Å². The molecule has 0 aliphatic carbocycles. The van der Waals surface area contributed by atoms with Gasteiger partial charge in [-0.1, -0.05) is 12.1 Å². The third kappa shape index (κ3) is 3.95. The molecule has 0 spiro atoms. The zero-order valence-electron chi connectivity index (χ0n) is 16.0. The lowest BCUT2D eigenvalue weighted by Crippen LogP contribution is -2.56. The SMILES string of the molecule is NC(=Nc1ncccc1[N+](=O)[O-])N1CCN(C(=O)[C@H]2COc3ccccc3O2)CC1. The van der Waals surface area contributed by atoms with Crippen molar-refractivity contribution in [3.63, 3.8) is 0 Å². The van der Waals surface area contributed by atoms with Crippen LogP contribution in [-0.4, -0.2) is 70.5 Å². The summed E-state index contributed by atoms with van der Waals surface area (Å²) in [4.78, 5) is 34.8. The molecule has 156 valence electrons. The monoisotopic (exact) mass is 412 g/mol. The summed E-state index contributed by atoms with van der Waals surface area (Å²) in [6.45, 7) is 1.86. The predicted molar refractivity (Wildman–Crippen MR) is 107 cm³/mol. The van der Waals surface area contributed by atoms with Crippen LogP contribution in [0.15, 0.2) is 47.6 Å². The maximum absolute atomic E-state index is 12.8. The Morgan fingerprint density at radius 3 is 2.57 bits per heavy atom. The number of guanidine groups is 1. The van der Waals surface area contributed by atoms with E-state index in [9.17, 15) is 14.9 Å². The van der Waals surface area contributed by atoms with Gasteiger partial charge in [0.25, 0.3) is 5.91 Å². The van der Waals surface area contributed by atoms with Gasteiger partial charge >= 0.3 is 5.69 Å². The molecule has 1 amide bonds. The number of nitro groups is 1. The highest BCUT2D eigenvalue weighted by atomic mass is 16.6. The highest BCUT2D eigenvalue weighted by Gasteiger charge is 2.33. The molecule has 2 aromatic rings. The zero-order valence-corrected chi connectivity index (χ0v) is 16.0. The molecular formula is C19H20N6O5. The molecule has 1 atom stereocenters. The third-order valence-electron chi connectivity index (χ3n) is 4.88. The quantitative estimate of drug-likeness (QED) is 0.340. The number of carbonyl (C=O) groups is 1. The van der Waals surface area contributed by atoms with Gasteiger partial charge < -0.3 is 25.0 Å². The lowest BCUT2D eigenvalue weighted by atomic mass is 10.2. The van der Waals surface area contributed by atoms with Crippen LogP contribution in [0.2, 0.25) is 0 Å². The number of hydrogen-bond acceptors (Lipinski definition) is 7. The summed E-state index contributed by atoms with van der Waals surface area (Å²) >= 11 is 0. The van der Waals surface area contributed by atoms with Crippen molar-refractivity contribution in [3.8, 4) is 11.5 Å². The fourth-order valence-corrected chi connectivity index (χ4v) is 3.30. The second-order valence-electron chi connectivity index (χ2n) is 6.75. The Morgan fingerprint density at radius 1 is 1.13 bits per heavy atom. The van der Waals surface area contributed by atoms with E-state index < -0.39 is 11.0 Å². The van der Waals surface area contributed by atoms with Crippen molar-refractivity contribution in [2.45, 2.75) is 6.10 Å².